The zero-order valence-corrected chi connectivity index (χ0v) is 15.4. The standard InChI is InChI=1S/C16H21N5O4S/c1-10-5-12(6-11(10)8-25-26(2,23)24)20-16-13(7-17-9-18-16)15(22)14-3-4-19-21-14/h3-4,7,9-12H,5-6,8H2,1-2H3,(H,19,21)(H,17,18,20)/t10-,11+,12-/m0/s1. The second kappa shape index (κ2) is 7.50. The molecule has 0 radical (unpaired) electrons. The van der Waals surface area contributed by atoms with Crippen LogP contribution >= 0.6 is 0 Å². The highest BCUT2D eigenvalue weighted by molar-refractivity contribution is 7.85. The van der Waals surface area contributed by atoms with Crippen LogP contribution in [0.4, 0.5) is 5.82 Å². The first-order chi connectivity index (χ1) is 12.3. The average molecular weight is 379 g/mol. The molecule has 1 aliphatic rings. The summed E-state index contributed by atoms with van der Waals surface area (Å²) in [4.78, 5) is 20.7. The summed E-state index contributed by atoms with van der Waals surface area (Å²) in [6, 6.07) is 1.66. The average Bonchev–Trinajstić information content (AvgIpc) is 3.22. The highest BCUT2D eigenvalue weighted by atomic mass is 32.2. The zero-order valence-electron chi connectivity index (χ0n) is 14.5. The Morgan fingerprint density at radius 1 is 1.42 bits per heavy atom. The van der Waals surface area contributed by atoms with Gasteiger partial charge in [-0.1, -0.05) is 6.92 Å². The molecular weight excluding hydrogens is 358 g/mol. The first-order valence-electron chi connectivity index (χ1n) is 8.28. The topological polar surface area (TPSA) is 127 Å². The van der Waals surface area contributed by atoms with E-state index in [1.165, 1.54) is 18.7 Å². The third-order valence-corrected chi connectivity index (χ3v) is 5.15. The smallest absolute Gasteiger partial charge is 0.264 e. The van der Waals surface area contributed by atoms with E-state index in [1.807, 2.05) is 0 Å². The normalized spacial score (nSPS) is 23.1. The minimum Gasteiger partial charge on any atom is -0.367 e. The number of ketones is 1. The van der Waals surface area contributed by atoms with Crippen molar-refractivity contribution in [3.8, 4) is 0 Å². The number of anilines is 1. The highest BCUT2D eigenvalue weighted by Crippen LogP contribution is 2.34. The molecule has 0 unspecified atom stereocenters. The van der Waals surface area contributed by atoms with Gasteiger partial charge in [-0.15, -0.1) is 0 Å². The van der Waals surface area contributed by atoms with Crippen molar-refractivity contribution in [3.05, 3.63) is 36.0 Å². The molecule has 0 saturated heterocycles. The van der Waals surface area contributed by atoms with Crippen LogP contribution in [0.3, 0.4) is 0 Å². The molecule has 2 aromatic heterocycles. The number of hydrogen-bond donors (Lipinski definition) is 2. The molecule has 3 atom stereocenters. The summed E-state index contributed by atoms with van der Waals surface area (Å²) in [5.41, 5.74) is 0.724. The molecule has 2 aromatic rings. The van der Waals surface area contributed by atoms with E-state index in [1.54, 1.807) is 6.07 Å². The number of aromatic amines is 1. The van der Waals surface area contributed by atoms with E-state index in [0.29, 0.717) is 23.0 Å². The van der Waals surface area contributed by atoms with Crippen molar-refractivity contribution >= 4 is 21.7 Å². The summed E-state index contributed by atoms with van der Waals surface area (Å²) in [7, 11) is -3.45. The van der Waals surface area contributed by atoms with Gasteiger partial charge in [-0.2, -0.15) is 13.5 Å². The third kappa shape index (κ3) is 4.44. The lowest BCUT2D eigenvalue weighted by atomic mass is 10.00. The van der Waals surface area contributed by atoms with Gasteiger partial charge in [0, 0.05) is 18.4 Å². The van der Waals surface area contributed by atoms with Crippen LogP contribution in [0, 0.1) is 11.8 Å². The summed E-state index contributed by atoms with van der Waals surface area (Å²) in [5, 5.41) is 9.74. The maximum absolute atomic E-state index is 12.6. The third-order valence-electron chi connectivity index (χ3n) is 4.59. The van der Waals surface area contributed by atoms with E-state index in [9.17, 15) is 13.2 Å². The first kappa shape index (κ1) is 18.5. The number of aromatic nitrogens is 4. The molecular formula is C16H21N5O4S. The Morgan fingerprint density at radius 3 is 2.92 bits per heavy atom. The number of nitrogens with zero attached hydrogens (tertiary/aromatic N) is 3. The quantitative estimate of drug-likeness (QED) is 0.543. The van der Waals surface area contributed by atoms with Crippen molar-refractivity contribution < 1.29 is 17.4 Å². The molecule has 3 rings (SSSR count). The van der Waals surface area contributed by atoms with Gasteiger partial charge in [0.2, 0.25) is 5.78 Å². The van der Waals surface area contributed by atoms with Crippen molar-refractivity contribution in [2.75, 3.05) is 18.2 Å². The van der Waals surface area contributed by atoms with Crippen LogP contribution in [0.25, 0.3) is 0 Å². The molecule has 0 spiro atoms. The van der Waals surface area contributed by atoms with Gasteiger partial charge >= 0.3 is 0 Å². The van der Waals surface area contributed by atoms with E-state index < -0.39 is 10.1 Å². The molecule has 1 aliphatic carbocycles. The Morgan fingerprint density at radius 2 is 2.23 bits per heavy atom. The fourth-order valence-electron chi connectivity index (χ4n) is 3.23. The maximum atomic E-state index is 12.6. The van der Waals surface area contributed by atoms with E-state index in [2.05, 4.69) is 32.4 Å². The van der Waals surface area contributed by atoms with Gasteiger partial charge in [0.1, 0.15) is 17.8 Å². The Hall–Kier alpha value is -2.33. The molecule has 0 amide bonds. The highest BCUT2D eigenvalue weighted by Gasteiger charge is 2.33. The van der Waals surface area contributed by atoms with Crippen molar-refractivity contribution in [1.29, 1.82) is 0 Å². The van der Waals surface area contributed by atoms with Gasteiger partial charge in [0.25, 0.3) is 10.1 Å². The first-order valence-corrected chi connectivity index (χ1v) is 10.1. The van der Waals surface area contributed by atoms with Crippen molar-refractivity contribution in [1.82, 2.24) is 20.2 Å². The van der Waals surface area contributed by atoms with Gasteiger partial charge in [-0.25, -0.2) is 9.97 Å². The van der Waals surface area contributed by atoms with Crippen LogP contribution in [0.15, 0.2) is 24.8 Å². The molecule has 0 aliphatic heterocycles. The minimum absolute atomic E-state index is 0.0707. The molecule has 0 bridgehead atoms. The maximum Gasteiger partial charge on any atom is 0.264 e. The van der Waals surface area contributed by atoms with Crippen LogP contribution in [0.2, 0.25) is 0 Å². The largest absolute Gasteiger partial charge is 0.367 e. The molecule has 26 heavy (non-hydrogen) atoms. The summed E-state index contributed by atoms with van der Waals surface area (Å²) in [6.07, 6.45) is 6.99. The van der Waals surface area contributed by atoms with Crippen LogP contribution in [0.1, 0.15) is 35.8 Å². The predicted octanol–water partition coefficient (Wildman–Crippen LogP) is 1.23. The van der Waals surface area contributed by atoms with Gasteiger partial charge in [-0.3, -0.25) is 14.1 Å². The summed E-state index contributed by atoms with van der Waals surface area (Å²) < 4.78 is 27.3. The Kier molecular flexibility index (Phi) is 5.33. The Labute approximate surface area is 151 Å². The van der Waals surface area contributed by atoms with Gasteiger partial charge in [0.05, 0.1) is 18.4 Å². The fourth-order valence-corrected chi connectivity index (χ4v) is 3.65. The number of H-pyrrole nitrogens is 1. The van der Waals surface area contributed by atoms with Gasteiger partial charge in [0.15, 0.2) is 0 Å². The molecule has 0 aromatic carbocycles. The number of hydrogen-bond acceptors (Lipinski definition) is 8. The summed E-state index contributed by atoms with van der Waals surface area (Å²) >= 11 is 0. The number of rotatable bonds is 7. The van der Waals surface area contributed by atoms with E-state index in [0.717, 1.165) is 19.1 Å². The van der Waals surface area contributed by atoms with Crippen LogP contribution in [-0.2, 0) is 14.3 Å². The zero-order chi connectivity index (χ0) is 18.7. The Bertz CT molecular complexity index is 869. The lowest BCUT2D eigenvalue weighted by Gasteiger charge is -2.15. The SMILES string of the molecule is C[C@H]1C[C@H](Nc2ncncc2C(=O)c2ccn[nH]2)C[C@@H]1COS(C)(=O)=O. The monoisotopic (exact) mass is 379 g/mol. The van der Waals surface area contributed by atoms with Gasteiger partial charge < -0.3 is 5.32 Å². The van der Waals surface area contributed by atoms with E-state index in [-0.39, 0.29) is 24.3 Å². The van der Waals surface area contributed by atoms with Crippen molar-refractivity contribution in [2.24, 2.45) is 11.8 Å². The summed E-state index contributed by atoms with van der Waals surface area (Å²) in [5.74, 6) is 0.633. The second-order valence-corrected chi connectivity index (χ2v) is 8.27. The van der Waals surface area contributed by atoms with Crippen LogP contribution in [-0.4, -0.2) is 53.3 Å². The van der Waals surface area contributed by atoms with Crippen molar-refractivity contribution in [3.63, 3.8) is 0 Å². The molecule has 9 nitrogen and oxygen atoms in total. The lowest BCUT2D eigenvalue weighted by Crippen LogP contribution is -2.20. The fraction of sp³-hybridized carbons (Fsp3) is 0.500. The van der Waals surface area contributed by atoms with E-state index in [4.69, 9.17) is 4.18 Å². The number of nitrogens with one attached hydrogen (secondary N) is 2. The van der Waals surface area contributed by atoms with Crippen LogP contribution < -0.4 is 5.32 Å². The second-order valence-electron chi connectivity index (χ2n) is 6.62. The summed E-state index contributed by atoms with van der Waals surface area (Å²) in [6.45, 7) is 2.23. The molecule has 1 saturated carbocycles. The molecule has 140 valence electrons. The van der Waals surface area contributed by atoms with Crippen molar-refractivity contribution in [2.45, 2.75) is 25.8 Å². The van der Waals surface area contributed by atoms with Crippen LogP contribution in [0.5, 0.6) is 0 Å². The number of carbonyl (C=O) groups excluding carboxylic acids is 1. The molecule has 2 heterocycles. The lowest BCUT2D eigenvalue weighted by molar-refractivity contribution is 0.103. The molecule has 2 N–H and O–H groups in total. The predicted molar refractivity (Wildman–Crippen MR) is 94.1 cm³/mol. The molecule has 1 fully saturated rings. The molecule has 10 heteroatoms. The number of carbonyl (C=O) groups is 1. The van der Waals surface area contributed by atoms with E-state index >= 15 is 0 Å². The van der Waals surface area contributed by atoms with Gasteiger partial charge in [-0.05, 0) is 30.7 Å². The Balaban J connectivity index is 1.69. The minimum atomic E-state index is -3.45.